The fraction of sp³-hybridized carbons (Fsp3) is 0.667. The molecule has 1 aliphatic heterocycles. The third-order valence-electron chi connectivity index (χ3n) is 5.19. The quantitative estimate of drug-likeness (QED) is 0.628. The maximum atomic E-state index is 12.2. The Balaban J connectivity index is 1.69. The fourth-order valence-corrected chi connectivity index (χ4v) is 3.61. The summed E-state index contributed by atoms with van der Waals surface area (Å²) in [5.74, 6) is 2.87. The minimum Gasteiger partial charge on any atom is -0.493 e. The maximum Gasteiger partial charge on any atom is 0.220 e. The van der Waals surface area contributed by atoms with E-state index >= 15 is 0 Å². The van der Waals surface area contributed by atoms with Crippen molar-refractivity contribution >= 4 is 5.91 Å². The Hall–Kier alpha value is -1.75. The molecule has 1 unspecified atom stereocenters. The summed E-state index contributed by atoms with van der Waals surface area (Å²) in [5.41, 5.74) is 1.20. The first-order chi connectivity index (χ1) is 12.6. The van der Waals surface area contributed by atoms with Crippen LogP contribution in [-0.4, -0.2) is 39.3 Å². The van der Waals surface area contributed by atoms with Gasteiger partial charge in [-0.15, -0.1) is 0 Å². The monoisotopic (exact) mass is 362 g/mol. The molecule has 1 saturated heterocycles. The van der Waals surface area contributed by atoms with Crippen LogP contribution in [0.25, 0.3) is 0 Å². The van der Waals surface area contributed by atoms with Crippen molar-refractivity contribution in [3.63, 3.8) is 0 Å². The summed E-state index contributed by atoms with van der Waals surface area (Å²) in [6, 6.07) is 6.03. The lowest BCUT2D eigenvalue weighted by molar-refractivity contribution is -0.122. The maximum absolute atomic E-state index is 12.2. The Morgan fingerprint density at radius 2 is 2.08 bits per heavy atom. The van der Waals surface area contributed by atoms with E-state index < -0.39 is 0 Å². The topological polar surface area (TPSA) is 59.6 Å². The van der Waals surface area contributed by atoms with Crippen molar-refractivity contribution in [2.45, 2.75) is 46.0 Å². The molecule has 1 heterocycles. The third-order valence-corrected chi connectivity index (χ3v) is 5.19. The summed E-state index contributed by atoms with van der Waals surface area (Å²) in [6.45, 7) is 7.68. The van der Waals surface area contributed by atoms with E-state index in [1.807, 2.05) is 19.1 Å². The molecule has 1 aromatic carbocycles. The smallest absolute Gasteiger partial charge is 0.220 e. The van der Waals surface area contributed by atoms with Crippen LogP contribution in [0.15, 0.2) is 18.2 Å². The lowest BCUT2D eigenvalue weighted by atomic mass is 9.84. The second-order valence-electron chi connectivity index (χ2n) is 7.14. The van der Waals surface area contributed by atoms with Crippen LogP contribution in [0.5, 0.6) is 11.5 Å². The molecule has 1 aromatic rings. The first-order valence-corrected chi connectivity index (χ1v) is 9.91. The Labute approximate surface area is 157 Å². The number of hydrogen-bond donors (Lipinski definition) is 2. The SMILES string of the molecule is CCOc1cc(CCCNC(=O)CC(C)C2CCNCC2)ccc1OC. The summed E-state index contributed by atoms with van der Waals surface area (Å²) < 4.78 is 10.9. The lowest BCUT2D eigenvalue weighted by Crippen LogP contribution is -2.33. The average Bonchev–Trinajstić information content (AvgIpc) is 2.66. The van der Waals surface area contributed by atoms with Crippen LogP contribution < -0.4 is 20.1 Å². The van der Waals surface area contributed by atoms with Gasteiger partial charge in [-0.05, 0) is 75.2 Å². The number of carbonyl (C=O) groups is 1. The summed E-state index contributed by atoms with van der Waals surface area (Å²) in [5, 5.41) is 6.46. The second-order valence-corrected chi connectivity index (χ2v) is 7.14. The number of methoxy groups -OCH3 is 1. The zero-order valence-electron chi connectivity index (χ0n) is 16.5. The van der Waals surface area contributed by atoms with E-state index in [-0.39, 0.29) is 5.91 Å². The van der Waals surface area contributed by atoms with Crippen molar-refractivity contribution in [3.8, 4) is 11.5 Å². The van der Waals surface area contributed by atoms with Gasteiger partial charge in [-0.3, -0.25) is 4.79 Å². The van der Waals surface area contributed by atoms with Crippen LogP contribution in [0.3, 0.4) is 0 Å². The van der Waals surface area contributed by atoms with Gasteiger partial charge in [0.05, 0.1) is 13.7 Å². The number of piperidine rings is 1. The number of ether oxygens (including phenoxy) is 2. The van der Waals surface area contributed by atoms with Crippen molar-refractivity contribution < 1.29 is 14.3 Å². The van der Waals surface area contributed by atoms with E-state index in [2.05, 4.69) is 23.6 Å². The summed E-state index contributed by atoms with van der Waals surface area (Å²) in [6.07, 6.45) is 4.85. The highest BCUT2D eigenvalue weighted by molar-refractivity contribution is 5.76. The molecule has 146 valence electrons. The van der Waals surface area contributed by atoms with Crippen molar-refractivity contribution in [2.75, 3.05) is 33.4 Å². The molecule has 1 atom stereocenters. The number of amides is 1. The standard InChI is InChI=1S/C21H34N2O3/c1-4-26-20-15-17(7-8-19(20)25-3)6-5-11-23-21(24)14-16(2)18-9-12-22-13-10-18/h7-8,15-16,18,22H,4-6,9-14H2,1-3H3,(H,23,24). The minimum absolute atomic E-state index is 0.181. The van der Waals surface area contributed by atoms with Crippen LogP contribution in [0.1, 0.15) is 45.1 Å². The van der Waals surface area contributed by atoms with Gasteiger partial charge in [0.15, 0.2) is 11.5 Å². The first kappa shape index (κ1) is 20.6. The number of carbonyl (C=O) groups excluding carboxylic acids is 1. The lowest BCUT2D eigenvalue weighted by Gasteiger charge is -2.27. The highest BCUT2D eigenvalue weighted by Crippen LogP contribution is 2.28. The van der Waals surface area contributed by atoms with E-state index in [9.17, 15) is 4.79 Å². The van der Waals surface area contributed by atoms with Crippen LogP contribution >= 0.6 is 0 Å². The molecule has 0 bridgehead atoms. The van der Waals surface area contributed by atoms with Crippen molar-refractivity contribution in [1.29, 1.82) is 0 Å². The molecule has 1 fully saturated rings. The molecule has 0 spiro atoms. The van der Waals surface area contributed by atoms with Gasteiger partial charge in [-0.1, -0.05) is 13.0 Å². The summed E-state index contributed by atoms with van der Waals surface area (Å²) in [7, 11) is 1.65. The number of nitrogens with one attached hydrogen (secondary N) is 2. The molecule has 5 heteroatoms. The molecular weight excluding hydrogens is 328 g/mol. The van der Waals surface area contributed by atoms with E-state index in [0.29, 0.717) is 31.4 Å². The Bertz CT molecular complexity index is 556. The average molecular weight is 363 g/mol. The summed E-state index contributed by atoms with van der Waals surface area (Å²) >= 11 is 0. The van der Waals surface area contributed by atoms with Crippen LogP contribution in [-0.2, 0) is 11.2 Å². The highest BCUT2D eigenvalue weighted by Gasteiger charge is 2.21. The Kier molecular flexibility index (Phi) is 8.75. The van der Waals surface area contributed by atoms with Gasteiger partial charge >= 0.3 is 0 Å². The molecule has 0 aromatic heterocycles. The van der Waals surface area contributed by atoms with Gasteiger partial charge in [-0.25, -0.2) is 0 Å². The molecule has 2 rings (SSSR count). The van der Waals surface area contributed by atoms with Gasteiger partial charge in [0.25, 0.3) is 0 Å². The Morgan fingerprint density at radius 1 is 1.31 bits per heavy atom. The van der Waals surface area contributed by atoms with Gasteiger partial charge in [-0.2, -0.15) is 0 Å². The first-order valence-electron chi connectivity index (χ1n) is 9.91. The van der Waals surface area contributed by atoms with Gasteiger partial charge in [0.1, 0.15) is 0 Å². The van der Waals surface area contributed by atoms with Crippen LogP contribution in [0.4, 0.5) is 0 Å². The normalized spacial score (nSPS) is 16.1. The predicted octanol–water partition coefficient (Wildman–Crippen LogP) is 3.17. The van der Waals surface area contributed by atoms with Crippen molar-refractivity contribution in [2.24, 2.45) is 11.8 Å². The van der Waals surface area contributed by atoms with E-state index in [1.54, 1.807) is 7.11 Å². The molecule has 0 aliphatic carbocycles. The number of rotatable bonds is 10. The molecule has 2 N–H and O–H groups in total. The Morgan fingerprint density at radius 3 is 2.77 bits per heavy atom. The molecule has 5 nitrogen and oxygen atoms in total. The minimum atomic E-state index is 0.181. The van der Waals surface area contributed by atoms with Crippen molar-refractivity contribution in [1.82, 2.24) is 10.6 Å². The largest absolute Gasteiger partial charge is 0.493 e. The molecular formula is C21H34N2O3. The number of benzene rings is 1. The van der Waals surface area contributed by atoms with Gasteiger partial charge in [0.2, 0.25) is 5.91 Å². The fourth-order valence-electron chi connectivity index (χ4n) is 3.61. The second kappa shape index (κ2) is 11.1. The third kappa shape index (κ3) is 6.52. The van der Waals surface area contributed by atoms with Crippen molar-refractivity contribution in [3.05, 3.63) is 23.8 Å². The number of hydrogen-bond acceptors (Lipinski definition) is 4. The number of aryl methyl sites for hydroxylation is 1. The van der Waals surface area contributed by atoms with Crippen LogP contribution in [0, 0.1) is 11.8 Å². The molecule has 0 radical (unpaired) electrons. The highest BCUT2D eigenvalue weighted by atomic mass is 16.5. The summed E-state index contributed by atoms with van der Waals surface area (Å²) in [4.78, 5) is 12.2. The molecule has 26 heavy (non-hydrogen) atoms. The molecule has 1 aliphatic rings. The van der Waals surface area contributed by atoms with Crippen LogP contribution in [0.2, 0.25) is 0 Å². The van der Waals surface area contributed by atoms with E-state index in [0.717, 1.165) is 37.4 Å². The van der Waals surface area contributed by atoms with Gasteiger partial charge in [0, 0.05) is 13.0 Å². The molecule has 1 amide bonds. The zero-order valence-corrected chi connectivity index (χ0v) is 16.5. The van der Waals surface area contributed by atoms with E-state index in [4.69, 9.17) is 9.47 Å². The molecule has 0 saturated carbocycles. The zero-order chi connectivity index (χ0) is 18.8. The van der Waals surface area contributed by atoms with E-state index in [1.165, 1.54) is 18.4 Å². The van der Waals surface area contributed by atoms with Gasteiger partial charge < -0.3 is 20.1 Å². The predicted molar refractivity (Wildman–Crippen MR) is 105 cm³/mol.